The molecule has 2 aliphatic heterocycles. The van der Waals surface area contributed by atoms with Crippen molar-refractivity contribution in [2.75, 3.05) is 19.8 Å². The highest BCUT2D eigenvalue weighted by Gasteiger charge is 2.27. The van der Waals surface area contributed by atoms with Gasteiger partial charge in [-0.1, -0.05) is 6.07 Å². The van der Waals surface area contributed by atoms with Crippen molar-refractivity contribution in [3.8, 4) is 11.5 Å². The normalized spacial score (nSPS) is 27.8. The van der Waals surface area contributed by atoms with Gasteiger partial charge < -0.3 is 19.9 Å². The van der Waals surface area contributed by atoms with Crippen LogP contribution in [0.2, 0.25) is 0 Å². The maximum atomic E-state index is 6.02. The molecule has 2 heterocycles. The highest BCUT2D eigenvalue weighted by Crippen LogP contribution is 2.35. The molecule has 0 aliphatic carbocycles. The molecular formula is C13H17NO3. The van der Waals surface area contributed by atoms with Crippen molar-refractivity contribution in [1.29, 1.82) is 0 Å². The number of benzene rings is 1. The number of hydrogen-bond donors (Lipinski definition) is 1. The summed E-state index contributed by atoms with van der Waals surface area (Å²) in [5.74, 6) is 1.63. The van der Waals surface area contributed by atoms with Crippen molar-refractivity contribution in [3.05, 3.63) is 23.8 Å². The van der Waals surface area contributed by atoms with Gasteiger partial charge in [0, 0.05) is 19.1 Å². The van der Waals surface area contributed by atoms with Gasteiger partial charge in [-0.15, -0.1) is 0 Å². The Bertz CT molecular complexity index is 408. The summed E-state index contributed by atoms with van der Waals surface area (Å²) >= 11 is 0. The summed E-state index contributed by atoms with van der Waals surface area (Å²) in [6, 6.07) is 6.05. The minimum Gasteiger partial charge on any atom is -0.490 e. The molecule has 92 valence electrons. The van der Waals surface area contributed by atoms with Crippen LogP contribution in [0.15, 0.2) is 18.2 Å². The number of rotatable bonds is 1. The predicted molar refractivity (Wildman–Crippen MR) is 63.3 cm³/mol. The first kappa shape index (κ1) is 10.9. The monoisotopic (exact) mass is 235 g/mol. The smallest absolute Gasteiger partial charge is 0.161 e. The molecule has 0 amide bonds. The van der Waals surface area contributed by atoms with Crippen molar-refractivity contribution in [2.24, 2.45) is 5.73 Å². The summed E-state index contributed by atoms with van der Waals surface area (Å²) in [5, 5.41) is 0. The van der Waals surface area contributed by atoms with Crippen LogP contribution >= 0.6 is 0 Å². The third-order valence-electron chi connectivity index (χ3n) is 3.24. The van der Waals surface area contributed by atoms with E-state index < -0.39 is 0 Å². The summed E-state index contributed by atoms with van der Waals surface area (Å²) in [7, 11) is 0. The van der Waals surface area contributed by atoms with Crippen LogP contribution in [0.5, 0.6) is 11.5 Å². The van der Waals surface area contributed by atoms with E-state index in [4.69, 9.17) is 19.9 Å². The lowest BCUT2D eigenvalue weighted by molar-refractivity contribution is 0.105. The molecule has 0 saturated carbocycles. The van der Waals surface area contributed by atoms with Crippen LogP contribution < -0.4 is 15.2 Å². The molecule has 17 heavy (non-hydrogen) atoms. The van der Waals surface area contributed by atoms with Crippen LogP contribution in [-0.4, -0.2) is 25.9 Å². The van der Waals surface area contributed by atoms with Crippen LogP contribution in [0.4, 0.5) is 0 Å². The molecule has 2 aliphatic rings. The zero-order chi connectivity index (χ0) is 11.7. The van der Waals surface area contributed by atoms with Gasteiger partial charge in [0.1, 0.15) is 0 Å². The van der Waals surface area contributed by atoms with E-state index in [1.54, 1.807) is 0 Å². The van der Waals surface area contributed by atoms with Crippen molar-refractivity contribution in [3.63, 3.8) is 0 Å². The first-order chi connectivity index (χ1) is 8.34. The Morgan fingerprint density at radius 1 is 1.06 bits per heavy atom. The van der Waals surface area contributed by atoms with Crippen LogP contribution in [0.3, 0.4) is 0 Å². The van der Waals surface area contributed by atoms with Crippen LogP contribution in [-0.2, 0) is 4.74 Å². The van der Waals surface area contributed by atoms with Gasteiger partial charge in [0.25, 0.3) is 0 Å². The summed E-state index contributed by atoms with van der Waals surface area (Å²) in [6.07, 6.45) is 1.83. The fraction of sp³-hybridized carbons (Fsp3) is 0.538. The molecule has 2 unspecified atom stereocenters. The van der Waals surface area contributed by atoms with Gasteiger partial charge >= 0.3 is 0 Å². The standard InChI is InChI=1S/C13H17NO3/c14-10-4-7-17-13(10)9-2-3-11-12(8-9)16-6-1-5-15-11/h2-3,8,10,13H,1,4-7,14H2. The third kappa shape index (κ3) is 2.10. The molecule has 1 saturated heterocycles. The Balaban J connectivity index is 1.89. The second-order valence-corrected chi connectivity index (χ2v) is 4.50. The molecule has 2 atom stereocenters. The second-order valence-electron chi connectivity index (χ2n) is 4.50. The van der Waals surface area contributed by atoms with E-state index in [9.17, 15) is 0 Å². The molecule has 4 heteroatoms. The number of fused-ring (bicyclic) bond motifs is 1. The van der Waals surface area contributed by atoms with Gasteiger partial charge in [0.2, 0.25) is 0 Å². The molecule has 3 rings (SSSR count). The van der Waals surface area contributed by atoms with Gasteiger partial charge in [-0.3, -0.25) is 0 Å². The lowest BCUT2D eigenvalue weighted by atomic mass is 10.0. The molecule has 1 aromatic carbocycles. The molecule has 0 bridgehead atoms. The fourth-order valence-corrected chi connectivity index (χ4v) is 2.31. The van der Waals surface area contributed by atoms with E-state index in [1.807, 2.05) is 18.2 Å². The highest BCUT2D eigenvalue weighted by atomic mass is 16.5. The van der Waals surface area contributed by atoms with E-state index in [0.717, 1.165) is 36.5 Å². The third-order valence-corrected chi connectivity index (χ3v) is 3.24. The van der Waals surface area contributed by atoms with Crippen molar-refractivity contribution in [2.45, 2.75) is 25.0 Å². The SMILES string of the molecule is NC1CCOC1c1ccc2c(c1)OCCCO2. The van der Waals surface area contributed by atoms with E-state index in [-0.39, 0.29) is 12.1 Å². The van der Waals surface area contributed by atoms with Gasteiger partial charge in [-0.2, -0.15) is 0 Å². The minimum atomic E-state index is -0.00727. The van der Waals surface area contributed by atoms with Crippen molar-refractivity contribution < 1.29 is 14.2 Å². The number of nitrogens with two attached hydrogens (primary N) is 1. The number of ether oxygens (including phenoxy) is 3. The first-order valence-corrected chi connectivity index (χ1v) is 6.11. The van der Waals surface area contributed by atoms with E-state index in [1.165, 1.54) is 0 Å². The summed E-state index contributed by atoms with van der Waals surface area (Å²) in [6.45, 7) is 2.15. The molecule has 0 aromatic heterocycles. The summed E-state index contributed by atoms with van der Waals surface area (Å²) in [5.41, 5.74) is 7.10. The summed E-state index contributed by atoms with van der Waals surface area (Å²) < 4.78 is 16.9. The molecule has 1 fully saturated rings. The maximum Gasteiger partial charge on any atom is 0.161 e. The van der Waals surface area contributed by atoms with E-state index >= 15 is 0 Å². The molecule has 4 nitrogen and oxygen atoms in total. The van der Waals surface area contributed by atoms with Crippen LogP contribution in [0, 0.1) is 0 Å². The Hall–Kier alpha value is -1.26. The maximum absolute atomic E-state index is 6.02. The van der Waals surface area contributed by atoms with Crippen molar-refractivity contribution >= 4 is 0 Å². The largest absolute Gasteiger partial charge is 0.490 e. The molecule has 0 spiro atoms. The molecule has 1 aromatic rings. The van der Waals surface area contributed by atoms with Gasteiger partial charge in [-0.25, -0.2) is 0 Å². The lowest BCUT2D eigenvalue weighted by Gasteiger charge is -2.16. The Kier molecular flexibility index (Phi) is 2.91. The Labute approximate surface area is 101 Å². The van der Waals surface area contributed by atoms with Gasteiger partial charge in [0.15, 0.2) is 11.5 Å². The van der Waals surface area contributed by atoms with E-state index in [0.29, 0.717) is 13.2 Å². The first-order valence-electron chi connectivity index (χ1n) is 6.11. The lowest BCUT2D eigenvalue weighted by Crippen LogP contribution is -2.23. The minimum absolute atomic E-state index is 0.00727. The van der Waals surface area contributed by atoms with Crippen LogP contribution in [0.1, 0.15) is 24.5 Å². The number of hydrogen-bond acceptors (Lipinski definition) is 4. The van der Waals surface area contributed by atoms with Gasteiger partial charge in [-0.05, 0) is 24.1 Å². The average Bonchev–Trinajstić information content (AvgIpc) is 2.64. The van der Waals surface area contributed by atoms with Crippen LogP contribution in [0.25, 0.3) is 0 Å². The van der Waals surface area contributed by atoms with Gasteiger partial charge in [0.05, 0.1) is 19.3 Å². The molecule has 0 radical (unpaired) electrons. The fourth-order valence-electron chi connectivity index (χ4n) is 2.31. The Morgan fingerprint density at radius 3 is 2.65 bits per heavy atom. The highest BCUT2D eigenvalue weighted by molar-refractivity contribution is 5.44. The van der Waals surface area contributed by atoms with E-state index in [2.05, 4.69) is 0 Å². The second kappa shape index (κ2) is 4.55. The molecule has 2 N–H and O–H groups in total. The zero-order valence-electron chi connectivity index (χ0n) is 9.72. The summed E-state index contributed by atoms with van der Waals surface area (Å²) in [4.78, 5) is 0. The molecular weight excluding hydrogens is 218 g/mol. The average molecular weight is 235 g/mol. The quantitative estimate of drug-likeness (QED) is 0.804. The van der Waals surface area contributed by atoms with Crippen molar-refractivity contribution in [1.82, 2.24) is 0 Å². The zero-order valence-corrected chi connectivity index (χ0v) is 9.72. The predicted octanol–water partition coefficient (Wildman–Crippen LogP) is 1.64. The topological polar surface area (TPSA) is 53.7 Å². The Morgan fingerprint density at radius 2 is 1.88 bits per heavy atom.